The van der Waals surface area contributed by atoms with Gasteiger partial charge in [-0.3, -0.25) is 4.79 Å². The van der Waals surface area contributed by atoms with Crippen molar-refractivity contribution in [3.63, 3.8) is 0 Å². The van der Waals surface area contributed by atoms with Crippen molar-refractivity contribution in [2.24, 2.45) is 0 Å². The average molecular weight is 430 g/mol. The van der Waals surface area contributed by atoms with Crippen LogP contribution in [-0.2, 0) is 13.1 Å². The first-order valence-electron chi connectivity index (χ1n) is 10.7. The molecule has 1 heterocycles. The fourth-order valence-electron chi connectivity index (χ4n) is 3.63. The Morgan fingerprint density at radius 3 is 2.62 bits per heavy atom. The van der Waals surface area contributed by atoms with Crippen LogP contribution in [0, 0.1) is 13.8 Å². The van der Waals surface area contributed by atoms with Gasteiger partial charge >= 0.3 is 0 Å². The summed E-state index contributed by atoms with van der Waals surface area (Å²) in [5, 5.41) is 13.6. The first-order chi connectivity index (χ1) is 15.5. The van der Waals surface area contributed by atoms with E-state index in [0.29, 0.717) is 17.9 Å². The summed E-state index contributed by atoms with van der Waals surface area (Å²) >= 11 is 0. The highest BCUT2D eigenvalue weighted by Crippen LogP contribution is 2.20. The second kappa shape index (κ2) is 9.66. The summed E-state index contributed by atoms with van der Waals surface area (Å²) < 4.78 is 7.82. The van der Waals surface area contributed by atoms with Crippen LogP contribution in [-0.4, -0.2) is 33.3 Å². The molecule has 0 saturated carbocycles. The van der Waals surface area contributed by atoms with Crippen molar-refractivity contribution in [1.29, 1.82) is 0 Å². The molecule has 1 aromatic heterocycles. The van der Waals surface area contributed by atoms with Gasteiger partial charge in [0.1, 0.15) is 24.3 Å². The van der Waals surface area contributed by atoms with E-state index in [1.165, 1.54) is 0 Å². The Kier molecular flexibility index (Phi) is 6.52. The van der Waals surface area contributed by atoms with Crippen molar-refractivity contribution in [2.75, 3.05) is 6.61 Å². The van der Waals surface area contributed by atoms with E-state index in [1.807, 2.05) is 79.1 Å². The lowest BCUT2D eigenvalue weighted by molar-refractivity contribution is 0.0914. The normalized spacial score (nSPS) is 12.0. The van der Waals surface area contributed by atoms with Crippen LogP contribution in [0.15, 0.2) is 72.8 Å². The largest absolute Gasteiger partial charge is 0.491 e. The van der Waals surface area contributed by atoms with Gasteiger partial charge in [-0.05, 0) is 55.3 Å². The third-order valence-electron chi connectivity index (χ3n) is 5.34. The second-order valence-corrected chi connectivity index (χ2v) is 7.91. The maximum absolute atomic E-state index is 12.5. The molecule has 1 unspecified atom stereocenters. The van der Waals surface area contributed by atoms with Gasteiger partial charge in [0.15, 0.2) is 0 Å². The van der Waals surface area contributed by atoms with Crippen molar-refractivity contribution in [2.45, 2.75) is 33.0 Å². The molecule has 32 heavy (non-hydrogen) atoms. The highest BCUT2D eigenvalue weighted by atomic mass is 16.5. The molecule has 3 aromatic carbocycles. The number of aryl methyl sites for hydroxylation is 2. The van der Waals surface area contributed by atoms with Crippen LogP contribution >= 0.6 is 0 Å². The van der Waals surface area contributed by atoms with Gasteiger partial charge in [-0.15, -0.1) is 0 Å². The monoisotopic (exact) mass is 429 g/mol. The van der Waals surface area contributed by atoms with E-state index in [-0.39, 0.29) is 19.1 Å². The number of para-hydroxylation sites is 2. The number of imidazole rings is 1. The molecule has 164 valence electrons. The number of hydrogen-bond acceptors (Lipinski definition) is 4. The molecule has 0 aliphatic heterocycles. The summed E-state index contributed by atoms with van der Waals surface area (Å²) in [4.78, 5) is 17.1. The molecule has 0 fully saturated rings. The lowest BCUT2D eigenvalue weighted by Gasteiger charge is -2.17. The molecule has 4 aromatic rings. The van der Waals surface area contributed by atoms with E-state index >= 15 is 0 Å². The zero-order valence-electron chi connectivity index (χ0n) is 18.3. The molecule has 0 saturated heterocycles. The van der Waals surface area contributed by atoms with Crippen LogP contribution in [0.25, 0.3) is 11.0 Å². The van der Waals surface area contributed by atoms with Crippen molar-refractivity contribution in [3.8, 4) is 5.75 Å². The van der Waals surface area contributed by atoms with Gasteiger partial charge in [0.2, 0.25) is 0 Å². The van der Waals surface area contributed by atoms with Gasteiger partial charge in [-0.1, -0.05) is 42.5 Å². The maximum Gasteiger partial charge on any atom is 0.251 e. The van der Waals surface area contributed by atoms with Crippen LogP contribution in [0.2, 0.25) is 0 Å². The molecule has 6 heteroatoms. The number of carbonyl (C=O) groups is 1. The number of rotatable bonds is 8. The van der Waals surface area contributed by atoms with Crippen LogP contribution in [0.5, 0.6) is 5.75 Å². The number of carbonyl (C=O) groups excluding carboxylic acids is 1. The number of amides is 1. The van der Waals surface area contributed by atoms with Crippen molar-refractivity contribution >= 4 is 16.9 Å². The third kappa shape index (κ3) is 4.98. The van der Waals surface area contributed by atoms with Crippen molar-refractivity contribution in [3.05, 3.63) is 95.3 Å². The number of aromatic nitrogens is 2. The first-order valence-corrected chi connectivity index (χ1v) is 10.7. The number of nitrogens with one attached hydrogen (secondary N) is 1. The molecule has 6 nitrogen and oxygen atoms in total. The number of aliphatic hydroxyl groups excluding tert-OH is 1. The summed E-state index contributed by atoms with van der Waals surface area (Å²) in [6.07, 6.45) is -0.740. The lowest BCUT2D eigenvalue weighted by Crippen LogP contribution is -2.28. The molecule has 0 spiro atoms. The van der Waals surface area contributed by atoms with E-state index in [1.54, 1.807) is 12.1 Å². The predicted octanol–water partition coefficient (Wildman–Crippen LogP) is 4.02. The Morgan fingerprint density at radius 2 is 1.81 bits per heavy atom. The topological polar surface area (TPSA) is 76.4 Å². The molecule has 2 N–H and O–H groups in total. The molecular formula is C26H27N3O3. The fraction of sp³-hybridized carbons (Fsp3) is 0.231. The quantitative estimate of drug-likeness (QED) is 0.444. The molecule has 1 atom stereocenters. The second-order valence-electron chi connectivity index (χ2n) is 7.91. The van der Waals surface area contributed by atoms with Crippen LogP contribution in [0.1, 0.15) is 27.3 Å². The molecule has 0 bridgehead atoms. The number of fused-ring (bicyclic) bond motifs is 1. The number of aliphatic hydroxyl groups is 1. The minimum absolute atomic E-state index is 0.159. The van der Waals surface area contributed by atoms with Crippen molar-refractivity contribution in [1.82, 2.24) is 14.9 Å². The number of benzene rings is 3. The van der Waals surface area contributed by atoms with E-state index in [9.17, 15) is 9.90 Å². The highest BCUT2D eigenvalue weighted by Gasteiger charge is 2.16. The Hall–Kier alpha value is -3.64. The minimum Gasteiger partial charge on any atom is -0.491 e. The molecular weight excluding hydrogens is 402 g/mol. The van der Waals surface area contributed by atoms with Gasteiger partial charge in [-0.25, -0.2) is 4.98 Å². The van der Waals surface area contributed by atoms with Crippen molar-refractivity contribution < 1.29 is 14.6 Å². The summed E-state index contributed by atoms with van der Waals surface area (Å²) in [5.41, 5.74) is 4.45. The van der Waals surface area contributed by atoms with Crippen LogP contribution in [0.4, 0.5) is 0 Å². The molecule has 0 radical (unpaired) electrons. The average Bonchev–Trinajstić information content (AvgIpc) is 3.16. The summed E-state index contributed by atoms with van der Waals surface area (Å²) in [7, 11) is 0. The SMILES string of the molecule is Cc1ccc(C)c(OCC(O)Cn2c(CNC(=O)c3ccccc3)nc3ccccc32)c1. The Bertz CT molecular complexity index is 1220. The molecule has 1 amide bonds. The maximum atomic E-state index is 12.5. The van der Waals surface area contributed by atoms with Gasteiger partial charge in [0, 0.05) is 5.56 Å². The zero-order chi connectivity index (χ0) is 22.5. The van der Waals surface area contributed by atoms with Crippen LogP contribution < -0.4 is 10.1 Å². The smallest absolute Gasteiger partial charge is 0.251 e. The fourth-order valence-corrected chi connectivity index (χ4v) is 3.63. The van der Waals surface area contributed by atoms with Gasteiger partial charge in [0.05, 0.1) is 24.1 Å². The van der Waals surface area contributed by atoms with E-state index in [4.69, 9.17) is 4.74 Å². The van der Waals surface area contributed by atoms with Gasteiger partial charge in [0.25, 0.3) is 5.91 Å². The molecule has 4 rings (SSSR count). The summed E-state index contributed by atoms with van der Waals surface area (Å²) in [6, 6.07) is 22.8. The minimum atomic E-state index is -0.740. The Morgan fingerprint density at radius 1 is 1.06 bits per heavy atom. The molecule has 0 aliphatic rings. The van der Waals surface area contributed by atoms with Crippen LogP contribution in [0.3, 0.4) is 0 Å². The Balaban J connectivity index is 1.48. The first kappa shape index (κ1) is 21.6. The predicted molar refractivity (Wildman–Crippen MR) is 125 cm³/mol. The zero-order valence-corrected chi connectivity index (χ0v) is 18.3. The molecule has 0 aliphatic carbocycles. The summed E-state index contributed by atoms with van der Waals surface area (Å²) in [5.74, 6) is 1.29. The Labute approximate surface area is 187 Å². The summed E-state index contributed by atoms with van der Waals surface area (Å²) in [6.45, 7) is 4.72. The number of ether oxygens (including phenoxy) is 1. The van der Waals surface area contributed by atoms with Gasteiger partial charge < -0.3 is 19.7 Å². The highest BCUT2D eigenvalue weighted by molar-refractivity contribution is 5.94. The van der Waals surface area contributed by atoms with E-state index in [2.05, 4.69) is 10.3 Å². The standard InChI is InChI=1S/C26H27N3O3/c1-18-12-13-19(2)24(14-18)32-17-21(30)16-29-23-11-7-6-10-22(23)28-25(29)15-27-26(31)20-8-4-3-5-9-20/h3-14,21,30H,15-17H2,1-2H3,(H,27,31). The van der Waals surface area contributed by atoms with Gasteiger partial charge in [-0.2, -0.15) is 0 Å². The van der Waals surface area contributed by atoms with E-state index < -0.39 is 6.10 Å². The van der Waals surface area contributed by atoms with E-state index in [0.717, 1.165) is 27.9 Å². The number of nitrogens with zero attached hydrogens (tertiary/aromatic N) is 2. The number of hydrogen-bond donors (Lipinski definition) is 2. The lowest BCUT2D eigenvalue weighted by atomic mass is 10.1. The third-order valence-corrected chi connectivity index (χ3v) is 5.34.